The van der Waals surface area contributed by atoms with Gasteiger partial charge in [-0.25, -0.2) is 0 Å². The topological polar surface area (TPSA) is 90.3 Å². The van der Waals surface area contributed by atoms with E-state index in [9.17, 15) is 19.5 Å². The van der Waals surface area contributed by atoms with Crippen LogP contribution in [0, 0.1) is 5.92 Å². The fourth-order valence-electron chi connectivity index (χ4n) is 6.67. The van der Waals surface area contributed by atoms with Gasteiger partial charge in [-0.2, -0.15) is 0 Å². The van der Waals surface area contributed by atoms with Crippen molar-refractivity contribution in [3.8, 4) is 0 Å². The van der Waals surface area contributed by atoms with Crippen LogP contribution in [0.2, 0.25) is 18.6 Å². The second kappa shape index (κ2) is 9.41. The summed E-state index contributed by atoms with van der Waals surface area (Å²) in [5.74, 6) is -0.221. The summed E-state index contributed by atoms with van der Waals surface area (Å²) in [5.41, 5.74) is 2.08. The van der Waals surface area contributed by atoms with Crippen molar-refractivity contribution in [3.63, 3.8) is 0 Å². The second-order valence-electron chi connectivity index (χ2n) is 11.0. The number of benzene rings is 2. The van der Waals surface area contributed by atoms with Gasteiger partial charge in [0.1, 0.15) is 0 Å². The van der Waals surface area contributed by atoms with E-state index >= 15 is 0 Å². The van der Waals surface area contributed by atoms with Crippen molar-refractivity contribution in [1.29, 1.82) is 0 Å². The quantitative estimate of drug-likeness (QED) is 0.577. The maximum absolute atomic E-state index is 14.3. The van der Waals surface area contributed by atoms with E-state index in [4.69, 9.17) is 4.74 Å². The first-order valence-corrected chi connectivity index (χ1v) is 16.0. The Bertz CT molecular complexity index is 1160. The van der Waals surface area contributed by atoms with E-state index in [2.05, 4.69) is 0 Å². The molecular weight excluding hydrogens is 472 g/mol. The van der Waals surface area contributed by atoms with Crippen LogP contribution in [0.3, 0.4) is 0 Å². The summed E-state index contributed by atoms with van der Waals surface area (Å²) in [7, 11) is -2.71. The number of ether oxygens (including phenoxy) is 1. The van der Waals surface area contributed by atoms with Crippen LogP contribution < -0.4 is 9.80 Å². The molecule has 2 amide bonds. The molecular formula is C28H36N2O5Si. The third-order valence-corrected chi connectivity index (χ3v) is 10.7. The van der Waals surface area contributed by atoms with E-state index in [0.717, 1.165) is 41.9 Å². The number of fused-ring (bicyclic) bond motifs is 2. The zero-order chi connectivity index (χ0) is 25.7. The van der Waals surface area contributed by atoms with Crippen molar-refractivity contribution < 1.29 is 24.2 Å². The molecule has 0 radical (unpaired) electrons. The third kappa shape index (κ3) is 4.00. The van der Waals surface area contributed by atoms with Gasteiger partial charge in [0, 0.05) is 42.3 Å². The summed E-state index contributed by atoms with van der Waals surface area (Å²) in [6, 6.07) is 15.6. The molecule has 7 nitrogen and oxygen atoms in total. The molecule has 8 heteroatoms. The highest BCUT2D eigenvalue weighted by molar-refractivity contribution is 6.71. The van der Waals surface area contributed by atoms with Crippen LogP contribution in [0.25, 0.3) is 0 Å². The SMILES string of the molecule is C[C@H]1[C@H]([Si](C)(C)O)[C@@H](CCO)O[C@]12C(=O)N(Cc1cccc(N3CCCCC3=O)c1)c1ccccc12. The van der Waals surface area contributed by atoms with Gasteiger partial charge < -0.3 is 24.4 Å². The van der Waals surface area contributed by atoms with Gasteiger partial charge in [-0.1, -0.05) is 37.3 Å². The number of carbonyl (C=O) groups excluding carboxylic acids is 2. The molecule has 192 valence electrons. The Labute approximate surface area is 213 Å². The smallest absolute Gasteiger partial charge is 0.264 e. The zero-order valence-electron chi connectivity index (χ0n) is 21.3. The molecule has 2 saturated heterocycles. The lowest BCUT2D eigenvalue weighted by molar-refractivity contribution is -0.146. The van der Waals surface area contributed by atoms with E-state index in [-0.39, 0.29) is 36.0 Å². The molecule has 4 atom stereocenters. The van der Waals surface area contributed by atoms with Crippen molar-refractivity contribution in [3.05, 3.63) is 59.7 Å². The van der Waals surface area contributed by atoms with Crippen molar-refractivity contribution >= 4 is 31.5 Å². The lowest BCUT2D eigenvalue weighted by Crippen LogP contribution is -2.46. The molecule has 0 aromatic heterocycles. The van der Waals surface area contributed by atoms with Crippen molar-refractivity contribution in [1.82, 2.24) is 0 Å². The number of hydrogen-bond donors (Lipinski definition) is 2. The van der Waals surface area contributed by atoms with Gasteiger partial charge in [0.2, 0.25) is 5.91 Å². The summed E-state index contributed by atoms with van der Waals surface area (Å²) >= 11 is 0. The molecule has 0 unspecified atom stereocenters. The Hall–Kier alpha value is -2.52. The third-order valence-electron chi connectivity index (χ3n) is 8.19. The highest BCUT2D eigenvalue weighted by Gasteiger charge is 2.65. The molecule has 2 fully saturated rings. The van der Waals surface area contributed by atoms with E-state index in [0.29, 0.717) is 19.4 Å². The molecule has 2 aromatic carbocycles. The van der Waals surface area contributed by atoms with Crippen LogP contribution in [0.4, 0.5) is 11.4 Å². The molecule has 0 aliphatic carbocycles. The van der Waals surface area contributed by atoms with Gasteiger partial charge >= 0.3 is 0 Å². The number of piperidine rings is 1. The largest absolute Gasteiger partial charge is 0.432 e. The van der Waals surface area contributed by atoms with Crippen molar-refractivity contribution in [2.24, 2.45) is 5.92 Å². The van der Waals surface area contributed by atoms with Gasteiger partial charge in [-0.05, 0) is 56.1 Å². The number of rotatable bonds is 6. The number of aliphatic hydroxyl groups is 1. The average molecular weight is 509 g/mol. The molecule has 3 aliphatic rings. The van der Waals surface area contributed by atoms with Crippen LogP contribution >= 0.6 is 0 Å². The first kappa shape index (κ1) is 25.1. The fourth-order valence-corrected chi connectivity index (χ4v) is 9.27. The molecule has 2 aromatic rings. The predicted octanol–water partition coefficient (Wildman–Crippen LogP) is 3.93. The number of aliphatic hydroxyl groups excluding tert-OH is 1. The van der Waals surface area contributed by atoms with Crippen LogP contribution in [0.15, 0.2) is 48.5 Å². The molecule has 3 aliphatic heterocycles. The number of anilines is 2. The van der Waals surface area contributed by atoms with Crippen LogP contribution in [0.5, 0.6) is 0 Å². The molecule has 3 heterocycles. The van der Waals surface area contributed by atoms with E-state index in [1.165, 1.54) is 0 Å². The minimum absolute atomic E-state index is 0.0595. The summed E-state index contributed by atoms with van der Waals surface area (Å²) in [5, 5.41) is 9.72. The Morgan fingerprint density at radius 3 is 2.61 bits per heavy atom. The Morgan fingerprint density at radius 1 is 1.11 bits per heavy atom. The van der Waals surface area contributed by atoms with Gasteiger partial charge in [0.25, 0.3) is 5.91 Å². The van der Waals surface area contributed by atoms with Crippen molar-refractivity contribution in [2.75, 3.05) is 23.0 Å². The lowest BCUT2D eigenvalue weighted by Gasteiger charge is -2.32. The summed E-state index contributed by atoms with van der Waals surface area (Å²) in [6.45, 7) is 6.80. The fraction of sp³-hybridized carbons (Fsp3) is 0.500. The Morgan fingerprint density at radius 2 is 1.89 bits per heavy atom. The summed E-state index contributed by atoms with van der Waals surface area (Å²) < 4.78 is 6.61. The van der Waals surface area contributed by atoms with Gasteiger partial charge in [0.15, 0.2) is 13.9 Å². The maximum atomic E-state index is 14.3. The number of hydrogen-bond acceptors (Lipinski definition) is 5. The summed E-state index contributed by atoms with van der Waals surface area (Å²) in [4.78, 5) is 41.5. The van der Waals surface area contributed by atoms with Crippen LogP contribution in [-0.4, -0.2) is 49.3 Å². The number of carbonyl (C=O) groups is 2. The Balaban J connectivity index is 1.51. The van der Waals surface area contributed by atoms with Crippen LogP contribution in [0.1, 0.15) is 43.7 Å². The molecule has 5 rings (SSSR count). The first-order valence-electron chi connectivity index (χ1n) is 13.0. The molecule has 36 heavy (non-hydrogen) atoms. The minimum Gasteiger partial charge on any atom is -0.432 e. The van der Waals surface area contributed by atoms with Crippen molar-refractivity contribution in [2.45, 2.75) is 69.5 Å². The van der Waals surface area contributed by atoms with E-state index < -0.39 is 13.9 Å². The molecule has 0 bridgehead atoms. The minimum atomic E-state index is -2.71. The monoisotopic (exact) mass is 508 g/mol. The average Bonchev–Trinajstić information content (AvgIpc) is 3.27. The number of nitrogens with zero attached hydrogens (tertiary/aromatic N) is 2. The normalized spacial score (nSPS) is 28.3. The highest BCUT2D eigenvalue weighted by atomic mass is 28.4. The Kier molecular flexibility index (Phi) is 6.57. The first-order chi connectivity index (χ1) is 17.2. The summed E-state index contributed by atoms with van der Waals surface area (Å²) in [6.07, 6.45) is 2.49. The lowest BCUT2D eigenvalue weighted by atomic mass is 9.82. The van der Waals surface area contributed by atoms with E-state index in [1.54, 1.807) is 4.90 Å². The van der Waals surface area contributed by atoms with Gasteiger partial charge in [-0.15, -0.1) is 0 Å². The molecule has 1 spiro atoms. The van der Waals surface area contributed by atoms with E-state index in [1.807, 2.05) is 73.4 Å². The molecule has 2 N–H and O–H groups in total. The maximum Gasteiger partial charge on any atom is 0.264 e. The predicted molar refractivity (Wildman–Crippen MR) is 141 cm³/mol. The van der Waals surface area contributed by atoms with Gasteiger partial charge in [-0.3, -0.25) is 9.59 Å². The van der Waals surface area contributed by atoms with Crippen LogP contribution in [-0.2, 0) is 26.5 Å². The standard InChI is InChI=1S/C28H36N2O5Si/c1-19-26(36(2,3)34)24(14-16-31)35-28(19)22-11-4-5-12-23(22)30(27(28)33)18-20-9-8-10-21(17-20)29-15-7-6-13-25(29)32/h4-5,8-12,17,19,24,26,31,34H,6-7,13-16,18H2,1-3H3/t19-,24+,26-,28+/m0/s1. The number of para-hydroxylation sites is 1. The zero-order valence-corrected chi connectivity index (χ0v) is 22.3. The molecule has 0 saturated carbocycles. The highest BCUT2D eigenvalue weighted by Crippen LogP contribution is 2.59. The second-order valence-corrected chi connectivity index (χ2v) is 14.9. The number of amides is 2. The van der Waals surface area contributed by atoms with Gasteiger partial charge in [0.05, 0.1) is 18.3 Å².